The van der Waals surface area contributed by atoms with E-state index in [0.717, 1.165) is 48.2 Å². The molecular weight excluding hydrogens is 1110 g/mol. The lowest BCUT2D eigenvalue weighted by atomic mass is 10.0. The zero-order valence-corrected chi connectivity index (χ0v) is 47.7. The molecule has 0 aliphatic carbocycles. The summed E-state index contributed by atoms with van der Waals surface area (Å²) < 4.78 is 0. The van der Waals surface area contributed by atoms with Crippen LogP contribution in [0.25, 0.3) is 21.7 Å². The smallest absolute Gasteiger partial charge is 0.246 e. The molecule has 4 aromatic carbocycles. The summed E-state index contributed by atoms with van der Waals surface area (Å²) in [6.45, 7) is 1.54. The maximum Gasteiger partial charge on any atom is 0.246 e. The number of rotatable bonds is 18. The number of halogens is 1. The van der Waals surface area contributed by atoms with Gasteiger partial charge in [0.05, 0.1) is 12.1 Å². The maximum absolute atomic E-state index is 14.9. The quantitative estimate of drug-likeness (QED) is 0.0434. The van der Waals surface area contributed by atoms with Crippen LogP contribution in [-0.4, -0.2) is 147 Å². The van der Waals surface area contributed by atoms with Crippen molar-refractivity contribution < 1.29 is 43.5 Å². The number of fused-ring (bicyclic) bond motifs is 2. The number of likely N-dealkylation sites (N-methyl/N-ethyl adjacent to an activating group) is 1. The number of hydrogen-bond donors (Lipinski definition) is 11. The van der Waals surface area contributed by atoms with E-state index in [1.54, 1.807) is 54.9 Å². The Kier molecular flexibility index (Phi) is 22.7. The van der Waals surface area contributed by atoms with Crippen LogP contribution in [0.3, 0.4) is 0 Å². The van der Waals surface area contributed by atoms with E-state index in [-0.39, 0.29) is 50.2 Å². The van der Waals surface area contributed by atoms with E-state index in [2.05, 4.69) is 41.9 Å². The molecular formula is C58H69ClN12O9S2. The van der Waals surface area contributed by atoms with Crippen LogP contribution in [0.5, 0.6) is 0 Å². The molecule has 21 nitrogen and oxygen atoms in total. The molecule has 8 amide bonds. The molecule has 6 aromatic rings. The van der Waals surface area contributed by atoms with Crippen molar-refractivity contribution in [1.29, 1.82) is 0 Å². The van der Waals surface area contributed by atoms with Crippen molar-refractivity contribution in [1.82, 2.24) is 46.8 Å². The van der Waals surface area contributed by atoms with E-state index >= 15 is 0 Å². The number of primary amides is 1. The summed E-state index contributed by atoms with van der Waals surface area (Å²) in [6.07, 6.45) is 3.84. The van der Waals surface area contributed by atoms with Gasteiger partial charge in [0.2, 0.25) is 47.3 Å². The van der Waals surface area contributed by atoms with Crippen LogP contribution in [0.4, 0.5) is 0 Å². The van der Waals surface area contributed by atoms with E-state index in [9.17, 15) is 43.5 Å². The molecule has 82 heavy (non-hydrogen) atoms. The van der Waals surface area contributed by atoms with Gasteiger partial charge < -0.3 is 64.1 Å². The number of amides is 8. The summed E-state index contributed by atoms with van der Waals surface area (Å²) >= 11 is 6.11. The largest absolute Gasteiger partial charge is 0.391 e. The Labute approximate surface area is 487 Å². The lowest BCUT2D eigenvalue weighted by molar-refractivity contribution is -0.146. The standard InChI is InChI=1S/C58H69ClN12O9S2/c1-33(72)50-57(79)70-49(55(77)66-45(51(62)73)26-35-16-19-37-11-3-4-12-38(37)24-35)32-82-81-31-48(69-52(74)42(61)25-34-17-20-40(59)21-18-34)56(78)67-46(27-36-10-9-23-63-29-36)53(75)68-47(28-39-30-64-43-14-6-5-13-41(39)43)54(76)65-44(15-7-8-22-60)58(80)71(50)2/h3-6,9-14,16-21,23-24,29-30,33,42,44-50,64,72H,7-8,15,22,25-28,31-32,60-61H2,1-2H3,(H2,62,73)(H,65,76)(H,66,77)(H,67,78)(H,68,75)(H,69,74)(H,70,79)/t33-,42-,44-,45-,46-,47+,48-,49+,50+/m0/s1. The van der Waals surface area contributed by atoms with Crippen LogP contribution in [0, 0.1) is 0 Å². The minimum atomic E-state index is -1.65. The van der Waals surface area contributed by atoms with Crippen molar-refractivity contribution in [3.63, 3.8) is 0 Å². The number of nitrogens with one attached hydrogen (secondary N) is 7. The van der Waals surface area contributed by atoms with Crippen molar-refractivity contribution in [2.24, 2.45) is 17.2 Å². The van der Waals surface area contributed by atoms with Crippen LogP contribution < -0.4 is 49.1 Å². The normalized spacial score (nSPS) is 21.0. The van der Waals surface area contributed by atoms with Gasteiger partial charge >= 0.3 is 0 Å². The number of hydrogen-bond acceptors (Lipinski definition) is 14. The molecule has 14 N–H and O–H groups in total. The van der Waals surface area contributed by atoms with Gasteiger partial charge in [-0.05, 0) is 96.4 Å². The third kappa shape index (κ3) is 17.2. The van der Waals surface area contributed by atoms with Crippen molar-refractivity contribution in [2.75, 3.05) is 25.1 Å². The highest BCUT2D eigenvalue weighted by Gasteiger charge is 2.39. The monoisotopic (exact) mass is 1180 g/mol. The van der Waals surface area contributed by atoms with Crippen molar-refractivity contribution in [3.8, 4) is 0 Å². The first-order valence-corrected chi connectivity index (χ1v) is 29.7. The van der Waals surface area contributed by atoms with E-state index in [0.29, 0.717) is 40.1 Å². The van der Waals surface area contributed by atoms with Crippen LogP contribution in [0.15, 0.2) is 122 Å². The highest BCUT2D eigenvalue weighted by molar-refractivity contribution is 8.76. The molecule has 0 unspecified atom stereocenters. The molecule has 2 aromatic heterocycles. The number of unbranched alkanes of at least 4 members (excludes halogenated alkanes) is 1. The van der Waals surface area contributed by atoms with E-state index < -0.39 is 102 Å². The highest BCUT2D eigenvalue weighted by Crippen LogP contribution is 2.25. The fraction of sp³-hybridized carbons (Fsp3) is 0.362. The summed E-state index contributed by atoms with van der Waals surface area (Å²) in [4.78, 5) is 124. The molecule has 0 radical (unpaired) electrons. The van der Waals surface area contributed by atoms with Crippen molar-refractivity contribution in [3.05, 3.63) is 149 Å². The number of benzene rings is 4. The number of pyridine rings is 1. The molecule has 434 valence electrons. The number of carbonyl (C=O) groups excluding carboxylic acids is 8. The molecule has 1 aliphatic rings. The van der Waals surface area contributed by atoms with Gasteiger partial charge in [-0.25, -0.2) is 0 Å². The van der Waals surface area contributed by atoms with Gasteiger partial charge in [-0.15, -0.1) is 0 Å². The molecule has 1 saturated heterocycles. The topological polar surface area (TPSA) is 339 Å². The first-order valence-electron chi connectivity index (χ1n) is 26.8. The first-order chi connectivity index (χ1) is 39.4. The average Bonchev–Trinajstić information content (AvgIpc) is 4.09. The predicted molar refractivity (Wildman–Crippen MR) is 318 cm³/mol. The summed E-state index contributed by atoms with van der Waals surface area (Å²) in [5.74, 6) is -7.02. The summed E-state index contributed by atoms with van der Waals surface area (Å²) in [6, 6.07) is 19.5. The van der Waals surface area contributed by atoms with Crippen LogP contribution in [0.2, 0.25) is 5.02 Å². The Hall–Kier alpha value is -7.54. The summed E-state index contributed by atoms with van der Waals surface area (Å²) in [5, 5.41) is 31.0. The molecule has 0 saturated carbocycles. The number of aromatic amines is 1. The zero-order valence-electron chi connectivity index (χ0n) is 45.3. The summed E-state index contributed by atoms with van der Waals surface area (Å²) in [7, 11) is 3.33. The van der Waals surface area contributed by atoms with Gasteiger partial charge in [-0.1, -0.05) is 112 Å². The Morgan fingerprint density at radius 2 is 1.44 bits per heavy atom. The molecule has 1 aliphatic heterocycles. The second-order valence-electron chi connectivity index (χ2n) is 20.2. The SMILES string of the molecule is C[C@H](O)[C@@H]1C(=O)N[C@@H](C(=O)N[C@@H](Cc2ccc3ccccc3c2)C(N)=O)CSSC[C@H](NC(=O)[C@@H](N)Cc2ccc(Cl)cc2)C(=O)N[C@@H](Cc2cccnc2)C(=O)N[C@H](Cc2c[nH]c3ccccc23)C(=O)N[C@@H](CCCCN)C(=O)N1C. The number of aliphatic hydroxyl groups excluding tert-OH is 1. The van der Waals surface area contributed by atoms with Gasteiger partial charge in [0.15, 0.2) is 0 Å². The fourth-order valence-electron chi connectivity index (χ4n) is 9.56. The van der Waals surface area contributed by atoms with E-state index in [4.69, 9.17) is 28.8 Å². The molecule has 0 bridgehead atoms. The number of para-hydroxylation sites is 1. The number of carbonyl (C=O) groups is 8. The minimum absolute atomic E-state index is 0.0155. The minimum Gasteiger partial charge on any atom is -0.391 e. The molecule has 7 rings (SSSR count). The predicted octanol–water partition coefficient (Wildman–Crippen LogP) is 2.09. The average molecular weight is 1180 g/mol. The Morgan fingerprint density at radius 1 is 0.768 bits per heavy atom. The second kappa shape index (κ2) is 30.0. The Bertz CT molecular complexity index is 3210. The fourth-order valence-corrected chi connectivity index (χ4v) is 12.0. The lowest BCUT2D eigenvalue weighted by Gasteiger charge is -2.34. The molecule has 1 fully saturated rings. The molecule has 9 atom stereocenters. The maximum atomic E-state index is 14.9. The molecule has 24 heteroatoms. The zero-order chi connectivity index (χ0) is 58.9. The first kappa shape index (κ1) is 62.1. The third-order valence-electron chi connectivity index (χ3n) is 14.0. The molecule has 3 heterocycles. The van der Waals surface area contributed by atoms with Crippen LogP contribution in [-0.2, 0) is 64.0 Å². The number of H-pyrrole nitrogens is 1. The van der Waals surface area contributed by atoms with Gasteiger partial charge in [-0.2, -0.15) is 0 Å². The Balaban J connectivity index is 1.26. The third-order valence-corrected chi connectivity index (χ3v) is 16.7. The number of aromatic nitrogens is 2. The summed E-state index contributed by atoms with van der Waals surface area (Å²) in [5.41, 5.74) is 21.5. The van der Waals surface area contributed by atoms with E-state index in [1.807, 2.05) is 60.7 Å². The lowest BCUT2D eigenvalue weighted by Crippen LogP contribution is -2.62. The molecule has 0 spiro atoms. The van der Waals surface area contributed by atoms with Gasteiger partial charge in [0.1, 0.15) is 42.3 Å². The van der Waals surface area contributed by atoms with Crippen molar-refractivity contribution >= 4 is 102 Å². The number of aliphatic hydroxyl groups is 1. The van der Waals surface area contributed by atoms with Gasteiger partial charge in [0, 0.05) is 72.3 Å². The van der Waals surface area contributed by atoms with Crippen LogP contribution in [0.1, 0.15) is 48.4 Å². The Morgan fingerprint density at radius 3 is 2.15 bits per heavy atom. The van der Waals surface area contributed by atoms with Crippen LogP contribution >= 0.6 is 33.2 Å². The van der Waals surface area contributed by atoms with Crippen molar-refractivity contribution in [2.45, 2.75) is 106 Å². The van der Waals surface area contributed by atoms with Gasteiger partial charge in [0.25, 0.3) is 0 Å². The van der Waals surface area contributed by atoms with E-state index in [1.165, 1.54) is 20.2 Å². The highest BCUT2D eigenvalue weighted by atomic mass is 35.5. The van der Waals surface area contributed by atoms with Gasteiger partial charge in [-0.3, -0.25) is 43.3 Å². The number of nitrogens with zero attached hydrogens (tertiary/aromatic N) is 2. The second-order valence-corrected chi connectivity index (χ2v) is 23.2. The number of nitrogens with two attached hydrogens (primary N) is 3.